The molecule has 2 unspecified atom stereocenters. The summed E-state index contributed by atoms with van der Waals surface area (Å²) in [7, 11) is 2.99. The highest BCUT2D eigenvalue weighted by atomic mass is 32.1. The normalized spacial score (nSPS) is 18.6. The van der Waals surface area contributed by atoms with Gasteiger partial charge in [-0.05, 0) is 74.4 Å². The van der Waals surface area contributed by atoms with Gasteiger partial charge in [-0.15, -0.1) is 11.3 Å². The molecule has 2 fully saturated rings. The lowest BCUT2D eigenvalue weighted by molar-refractivity contribution is -0.115. The second kappa shape index (κ2) is 19.5. The number of fused-ring (bicyclic) bond motifs is 4. The molecule has 4 atom stereocenters. The van der Waals surface area contributed by atoms with Gasteiger partial charge in [-0.2, -0.15) is 4.98 Å². The van der Waals surface area contributed by atoms with E-state index in [-0.39, 0.29) is 28.2 Å². The molecule has 73 heavy (non-hydrogen) atoms. The van der Waals surface area contributed by atoms with Crippen LogP contribution in [0.25, 0.3) is 63.8 Å². The van der Waals surface area contributed by atoms with Crippen molar-refractivity contribution >= 4 is 77.1 Å². The summed E-state index contributed by atoms with van der Waals surface area (Å²) in [6, 6.07) is 11.6. The largest absolute Gasteiger partial charge is 0.485 e. The quantitative estimate of drug-likeness (QED) is 0.103. The Bertz CT molecular complexity index is 3590. The molecule has 3 aromatic carbocycles. The zero-order valence-corrected chi connectivity index (χ0v) is 40.7. The molecule has 374 valence electrons. The first kappa shape index (κ1) is 47.8. The lowest BCUT2D eigenvalue weighted by Gasteiger charge is -2.35. The summed E-state index contributed by atoms with van der Waals surface area (Å²) in [5, 5.41) is 13.9. The Morgan fingerprint density at radius 3 is 2.15 bits per heavy atom. The number of nitrogens with one attached hydrogen (secondary N) is 1. The second-order valence-corrected chi connectivity index (χ2v) is 19.8. The SMILES string of the molecule is COc1cnc2c(-c3nc4cc(F)c(OC5CCCC5O)cc4s3)cc(CCc3ncc(NC(=O)O[C@H]4CCC(F)(F)C[C@H]4Oc4nc5sc(-c6cc(C)cc7nc(OC)cnc67)nc5cc4F)cn3)cc2n1. The molecule has 23 heteroatoms. The van der Waals surface area contributed by atoms with E-state index in [9.17, 15) is 18.7 Å². The van der Waals surface area contributed by atoms with Crippen LogP contribution in [0.3, 0.4) is 0 Å². The van der Waals surface area contributed by atoms with Crippen LogP contribution in [0.1, 0.15) is 55.5 Å². The Labute approximate surface area is 420 Å². The molecule has 6 heterocycles. The molecule has 9 aromatic rings. The van der Waals surface area contributed by atoms with Gasteiger partial charge in [0.15, 0.2) is 17.4 Å². The third-order valence-electron chi connectivity index (χ3n) is 12.6. The minimum Gasteiger partial charge on any atom is -0.485 e. The maximum absolute atomic E-state index is 15.6. The zero-order valence-electron chi connectivity index (χ0n) is 39.1. The maximum atomic E-state index is 15.6. The summed E-state index contributed by atoms with van der Waals surface area (Å²) in [6.45, 7) is 1.89. The first-order valence-corrected chi connectivity index (χ1v) is 24.8. The molecule has 0 aliphatic heterocycles. The van der Waals surface area contributed by atoms with Crippen LogP contribution in [0.4, 0.5) is 28.0 Å². The summed E-state index contributed by atoms with van der Waals surface area (Å²) >= 11 is 2.48. The number of aromatic nitrogens is 9. The number of anilines is 1. The second-order valence-electron chi connectivity index (χ2n) is 17.8. The molecular weight excluding hydrogens is 993 g/mol. The number of rotatable bonds is 13. The Kier molecular flexibility index (Phi) is 12.8. The molecule has 11 rings (SSSR count). The molecule has 0 radical (unpaired) electrons. The van der Waals surface area contributed by atoms with Gasteiger partial charge in [0.25, 0.3) is 11.8 Å². The molecule has 0 spiro atoms. The van der Waals surface area contributed by atoms with E-state index in [0.29, 0.717) is 96.7 Å². The van der Waals surface area contributed by atoms with Crippen molar-refractivity contribution in [3.63, 3.8) is 0 Å². The van der Waals surface area contributed by atoms with Crippen molar-refractivity contribution in [3.05, 3.63) is 95.8 Å². The van der Waals surface area contributed by atoms with Crippen LogP contribution in [0.2, 0.25) is 0 Å². The highest BCUT2D eigenvalue weighted by Gasteiger charge is 2.45. The zero-order chi connectivity index (χ0) is 50.5. The molecule has 0 saturated heterocycles. The van der Waals surface area contributed by atoms with E-state index in [1.54, 1.807) is 6.07 Å². The number of thiazole rings is 2. The number of carbonyl (C=O) groups excluding carboxylic acids is 1. The molecule has 2 saturated carbocycles. The number of amides is 1. The first-order chi connectivity index (χ1) is 35.2. The average molecular weight is 1040 g/mol. The number of benzene rings is 3. The molecule has 6 aromatic heterocycles. The van der Waals surface area contributed by atoms with Gasteiger partial charge >= 0.3 is 6.09 Å². The predicted molar refractivity (Wildman–Crippen MR) is 263 cm³/mol. The van der Waals surface area contributed by atoms with Gasteiger partial charge in [-0.1, -0.05) is 11.3 Å². The number of nitrogens with zero attached hydrogens (tertiary/aromatic N) is 9. The van der Waals surface area contributed by atoms with E-state index in [4.69, 9.17) is 28.7 Å². The minimum atomic E-state index is -3.18. The van der Waals surface area contributed by atoms with Crippen LogP contribution in [-0.2, 0) is 17.6 Å². The number of aliphatic hydroxyl groups excluding tert-OH is 1. The number of hydrogen-bond acceptors (Lipinski definition) is 18. The number of ether oxygens (including phenoxy) is 5. The molecular formula is C50H42F4N10O7S2. The molecule has 1 amide bonds. The van der Waals surface area contributed by atoms with Crippen molar-refractivity contribution in [3.8, 4) is 44.5 Å². The molecule has 0 bridgehead atoms. The highest BCUT2D eigenvalue weighted by molar-refractivity contribution is 7.22. The smallest absolute Gasteiger partial charge is 0.412 e. The molecule has 2 aliphatic rings. The average Bonchev–Trinajstić information content (AvgIpc) is 4.11. The molecule has 2 aliphatic carbocycles. The molecule has 2 N–H and O–H groups in total. The molecule has 17 nitrogen and oxygen atoms in total. The van der Waals surface area contributed by atoms with E-state index in [2.05, 4.69) is 45.2 Å². The predicted octanol–water partition coefficient (Wildman–Crippen LogP) is 10.2. The number of pyridine rings is 1. The van der Waals surface area contributed by atoms with E-state index in [1.165, 1.54) is 56.4 Å². The van der Waals surface area contributed by atoms with Crippen molar-refractivity contribution in [1.29, 1.82) is 0 Å². The van der Waals surface area contributed by atoms with E-state index < -0.39 is 66.8 Å². The van der Waals surface area contributed by atoms with Crippen LogP contribution >= 0.6 is 22.7 Å². The van der Waals surface area contributed by atoms with Gasteiger partial charge in [0.2, 0.25) is 11.8 Å². The van der Waals surface area contributed by atoms with Crippen molar-refractivity contribution < 1.29 is 51.1 Å². The summed E-state index contributed by atoms with van der Waals surface area (Å²) in [5.74, 6) is -4.06. The Morgan fingerprint density at radius 2 is 1.42 bits per heavy atom. The lowest BCUT2D eigenvalue weighted by atomic mass is 9.91. The summed E-state index contributed by atoms with van der Waals surface area (Å²) in [5.41, 5.74) is 6.10. The Morgan fingerprint density at radius 1 is 0.726 bits per heavy atom. The van der Waals surface area contributed by atoms with E-state index in [0.717, 1.165) is 35.0 Å². The van der Waals surface area contributed by atoms with E-state index in [1.807, 2.05) is 31.2 Å². The van der Waals surface area contributed by atoms with Crippen LogP contribution in [0.15, 0.2) is 67.3 Å². The summed E-state index contributed by atoms with van der Waals surface area (Å²) in [6.07, 6.45) is 2.21. The fraction of sp³-hybridized carbons (Fsp3) is 0.320. The third kappa shape index (κ3) is 10.0. The van der Waals surface area contributed by atoms with Crippen LogP contribution in [0.5, 0.6) is 23.4 Å². The van der Waals surface area contributed by atoms with Crippen molar-refractivity contribution in [1.82, 2.24) is 44.9 Å². The number of aryl methyl sites for hydroxylation is 3. The standard InChI is InChI=1S/C50H42F4N10O7S2/c1-23-11-26(43-31(12-23)60-41(67-2)21-57-43)47-63-33-16-29(52)45(64-48(33)73-47)70-38-18-50(53,54)10-9-36(38)71-49(66)59-25-19-55-40(56-20-25)8-7-24-13-27(44-32(14-24)61-42(68-3)22-58-44)46-62-30-15-28(51)37(17-39(30)72-46)69-35-6-4-5-34(35)65/h11-17,19-22,34-36,38,65H,4-10,18H2,1-3H3,(H,59,66)/t34?,35?,36-,38+/m0/s1. The number of aliphatic hydroxyl groups is 1. The van der Waals surface area contributed by atoms with Crippen LogP contribution in [-0.4, -0.2) is 101 Å². The Balaban J connectivity index is 0.763. The lowest BCUT2D eigenvalue weighted by Crippen LogP contribution is -2.46. The fourth-order valence-corrected chi connectivity index (χ4v) is 10.9. The van der Waals surface area contributed by atoms with Crippen LogP contribution < -0.4 is 24.3 Å². The van der Waals surface area contributed by atoms with Crippen molar-refractivity contribution in [2.24, 2.45) is 0 Å². The summed E-state index contributed by atoms with van der Waals surface area (Å²) in [4.78, 5) is 54.3. The van der Waals surface area contributed by atoms with Crippen LogP contribution in [0, 0.1) is 18.6 Å². The number of hydrogen-bond donors (Lipinski definition) is 2. The highest BCUT2D eigenvalue weighted by Crippen LogP contribution is 2.41. The number of alkyl halides is 2. The number of carbonyl (C=O) groups is 1. The van der Waals surface area contributed by atoms with E-state index >= 15 is 8.78 Å². The number of methoxy groups -OCH3 is 2. The van der Waals surface area contributed by atoms with Gasteiger partial charge in [0.1, 0.15) is 44.5 Å². The monoisotopic (exact) mass is 1030 g/mol. The minimum absolute atomic E-state index is 0.0603. The topological polar surface area (TPSA) is 211 Å². The maximum Gasteiger partial charge on any atom is 0.412 e. The van der Waals surface area contributed by atoms with Crippen molar-refractivity contribution in [2.75, 3.05) is 19.5 Å². The van der Waals surface area contributed by atoms with Gasteiger partial charge < -0.3 is 28.8 Å². The third-order valence-corrected chi connectivity index (χ3v) is 14.6. The van der Waals surface area contributed by atoms with Crippen molar-refractivity contribution in [2.45, 2.75) is 88.6 Å². The first-order valence-electron chi connectivity index (χ1n) is 23.2. The van der Waals surface area contributed by atoms with Gasteiger partial charge in [0.05, 0.1) is 89.5 Å². The Hall–Kier alpha value is -7.50. The number of halogens is 4. The fourth-order valence-electron chi connectivity index (χ4n) is 9.00. The van der Waals surface area contributed by atoms with Gasteiger partial charge in [-0.25, -0.2) is 62.2 Å². The van der Waals surface area contributed by atoms with Gasteiger partial charge in [-0.3, -0.25) is 5.32 Å². The van der Waals surface area contributed by atoms with Gasteiger partial charge in [0, 0.05) is 42.2 Å². The summed E-state index contributed by atoms with van der Waals surface area (Å²) < 4.78 is 89.2.